The number of urea groups is 1. The second-order valence-electron chi connectivity index (χ2n) is 4.31. The minimum atomic E-state index is -0.144. The molecule has 2 rings (SSSR count). The van der Waals surface area contributed by atoms with Gasteiger partial charge in [0, 0.05) is 23.5 Å². The maximum atomic E-state index is 12.0. The van der Waals surface area contributed by atoms with E-state index in [4.69, 9.17) is 23.2 Å². The van der Waals surface area contributed by atoms with Gasteiger partial charge in [0.05, 0.1) is 10.9 Å². The summed E-state index contributed by atoms with van der Waals surface area (Å²) in [5.74, 6) is 0. The SMILES string of the molecule is CN(Cc1ccc(Cl)s1)C(=O)NCc1ccccc1Cl. The van der Waals surface area contributed by atoms with Crippen LogP contribution in [0.4, 0.5) is 4.79 Å². The van der Waals surface area contributed by atoms with Crippen LogP contribution in [-0.2, 0) is 13.1 Å². The Morgan fingerprint density at radius 1 is 1.25 bits per heavy atom. The predicted molar refractivity (Wildman–Crippen MR) is 84.5 cm³/mol. The van der Waals surface area contributed by atoms with E-state index in [1.807, 2.05) is 30.3 Å². The van der Waals surface area contributed by atoms with Gasteiger partial charge in [0.1, 0.15) is 0 Å². The molecule has 2 aromatic rings. The summed E-state index contributed by atoms with van der Waals surface area (Å²) in [4.78, 5) is 14.6. The molecule has 3 nitrogen and oxygen atoms in total. The van der Waals surface area contributed by atoms with Crippen molar-refractivity contribution >= 4 is 40.6 Å². The third-order valence-corrected chi connectivity index (χ3v) is 4.34. The van der Waals surface area contributed by atoms with E-state index in [-0.39, 0.29) is 6.03 Å². The van der Waals surface area contributed by atoms with Crippen LogP contribution in [0.3, 0.4) is 0 Å². The Balaban J connectivity index is 1.87. The van der Waals surface area contributed by atoms with Crippen molar-refractivity contribution in [3.05, 3.63) is 56.2 Å². The third kappa shape index (κ3) is 4.13. The first-order valence-corrected chi connectivity index (χ1v) is 7.60. The number of carbonyl (C=O) groups excluding carboxylic acids is 1. The number of nitrogens with one attached hydrogen (secondary N) is 1. The zero-order valence-corrected chi connectivity index (χ0v) is 13.2. The summed E-state index contributed by atoms with van der Waals surface area (Å²) < 4.78 is 0.727. The van der Waals surface area contributed by atoms with Crippen molar-refractivity contribution in [2.24, 2.45) is 0 Å². The molecule has 1 aromatic heterocycles. The summed E-state index contributed by atoms with van der Waals surface area (Å²) in [7, 11) is 1.75. The number of hydrogen-bond donors (Lipinski definition) is 1. The molecule has 0 unspecified atom stereocenters. The number of halogens is 2. The van der Waals surface area contributed by atoms with Gasteiger partial charge in [0.15, 0.2) is 0 Å². The fraction of sp³-hybridized carbons (Fsp3) is 0.214. The largest absolute Gasteiger partial charge is 0.334 e. The zero-order valence-electron chi connectivity index (χ0n) is 10.9. The first-order valence-electron chi connectivity index (χ1n) is 6.03. The Labute approximate surface area is 132 Å². The van der Waals surface area contributed by atoms with Gasteiger partial charge < -0.3 is 10.2 Å². The third-order valence-electron chi connectivity index (χ3n) is 2.76. The first kappa shape index (κ1) is 15.2. The van der Waals surface area contributed by atoms with Crippen LogP contribution in [0, 0.1) is 0 Å². The lowest BCUT2D eigenvalue weighted by Crippen LogP contribution is -2.36. The molecule has 0 radical (unpaired) electrons. The molecule has 0 bridgehead atoms. The van der Waals surface area contributed by atoms with Crippen molar-refractivity contribution in [3.63, 3.8) is 0 Å². The molecule has 1 N–H and O–H groups in total. The summed E-state index contributed by atoms with van der Waals surface area (Å²) >= 11 is 13.4. The second-order valence-corrected chi connectivity index (χ2v) is 6.52. The normalized spacial score (nSPS) is 10.3. The van der Waals surface area contributed by atoms with E-state index in [0.29, 0.717) is 18.1 Å². The molecule has 0 fully saturated rings. The maximum Gasteiger partial charge on any atom is 0.317 e. The quantitative estimate of drug-likeness (QED) is 0.886. The van der Waals surface area contributed by atoms with E-state index in [0.717, 1.165) is 14.8 Å². The van der Waals surface area contributed by atoms with Crippen molar-refractivity contribution in [1.29, 1.82) is 0 Å². The average Bonchev–Trinajstić information content (AvgIpc) is 2.82. The fourth-order valence-corrected chi connectivity index (χ4v) is 3.03. The number of benzene rings is 1. The lowest BCUT2D eigenvalue weighted by molar-refractivity contribution is 0.207. The van der Waals surface area contributed by atoms with Crippen molar-refractivity contribution in [1.82, 2.24) is 10.2 Å². The number of rotatable bonds is 4. The van der Waals surface area contributed by atoms with Crippen LogP contribution in [0.2, 0.25) is 9.36 Å². The van der Waals surface area contributed by atoms with E-state index in [9.17, 15) is 4.79 Å². The smallest absolute Gasteiger partial charge is 0.317 e. The summed E-state index contributed by atoms with van der Waals surface area (Å²) in [5.41, 5.74) is 0.898. The van der Waals surface area contributed by atoms with Gasteiger partial charge in [-0.1, -0.05) is 41.4 Å². The van der Waals surface area contributed by atoms with Gasteiger partial charge in [0.25, 0.3) is 0 Å². The van der Waals surface area contributed by atoms with Gasteiger partial charge in [-0.25, -0.2) is 4.79 Å². The molecule has 1 aromatic carbocycles. The molecule has 2 amide bonds. The molecule has 0 aliphatic carbocycles. The standard InChI is InChI=1S/C14H14Cl2N2OS/c1-18(9-11-6-7-13(16)20-11)14(19)17-8-10-4-2-3-5-12(10)15/h2-7H,8-9H2,1H3,(H,17,19). The van der Waals surface area contributed by atoms with E-state index in [1.165, 1.54) is 11.3 Å². The Morgan fingerprint density at radius 3 is 2.65 bits per heavy atom. The fourth-order valence-electron chi connectivity index (χ4n) is 1.69. The second kappa shape index (κ2) is 6.97. The van der Waals surface area contributed by atoms with Gasteiger partial charge >= 0.3 is 6.03 Å². The summed E-state index contributed by atoms with van der Waals surface area (Å²) in [6, 6.07) is 11.1. The molecule has 6 heteroatoms. The van der Waals surface area contributed by atoms with Gasteiger partial charge in [-0.2, -0.15) is 0 Å². The molecule has 0 atom stereocenters. The Hall–Kier alpha value is -1.23. The molecular formula is C14H14Cl2N2OS. The van der Waals surface area contributed by atoms with Crippen LogP contribution in [0.5, 0.6) is 0 Å². The van der Waals surface area contributed by atoms with E-state index in [2.05, 4.69) is 5.32 Å². The van der Waals surface area contributed by atoms with Crippen LogP contribution in [0.25, 0.3) is 0 Å². The first-order chi connectivity index (χ1) is 9.56. The Kier molecular flexibility index (Phi) is 5.29. The van der Waals surface area contributed by atoms with Crippen molar-refractivity contribution < 1.29 is 4.79 Å². The molecule has 106 valence electrons. The highest BCUT2D eigenvalue weighted by Gasteiger charge is 2.10. The van der Waals surface area contributed by atoms with Crippen LogP contribution in [0.1, 0.15) is 10.4 Å². The highest BCUT2D eigenvalue weighted by Crippen LogP contribution is 2.22. The van der Waals surface area contributed by atoms with Crippen LogP contribution in [-0.4, -0.2) is 18.0 Å². The Bertz CT molecular complexity index is 600. The lowest BCUT2D eigenvalue weighted by Gasteiger charge is -2.17. The number of amides is 2. The van der Waals surface area contributed by atoms with Crippen LogP contribution in [0.15, 0.2) is 36.4 Å². The highest BCUT2D eigenvalue weighted by molar-refractivity contribution is 7.16. The monoisotopic (exact) mass is 328 g/mol. The molecule has 0 saturated heterocycles. The Morgan fingerprint density at radius 2 is 2.00 bits per heavy atom. The summed E-state index contributed by atoms with van der Waals surface area (Å²) in [5, 5.41) is 3.49. The predicted octanol–water partition coefficient (Wildman–Crippen LogP) is 4.40. The van der Waals surface area contributed by atoms with E-state index in [1.54, 1.807) is 18.0 Å². The zero-order chi connectivity index (χ0) is 14.5. The number of nitrogens with zero attached hydrogens (tertiary/aromatic N) is 1. The minimum absolute atomic E-state index is 0.144. The molecule has 1 heterocycles. The molecule has 0 aliphatic heterocycles. The molecule has 20 heavy (non-hydrogen) atoms. The van der Waals surface area contributed by atoms with Crippen molar-refractivity contribution in [2.45, 2.75) is 13.1 Å². The van der Waals surface area contributed by atoms with Gasteiger partial charge in [-0.05, 0) is 23.8 Å². The molecule has 0 saturated carbocycles. The highest BCUT2D eigenvalue weighted by atomic mass is 35.5. The van der Waals surface area contributed by atoms with Crippen LogP contribution >= 0.6 is 34.5 Å². The van der Waals surface area contributed by atoms with Gasteiger partial charge in [-0.3, -0.25) is 0 Å². The van der Waals surface area contributed by atoms with Gasteiger partial charge in [-0.15, -0.1) is 11.3 Å². The van der Waals surface area contributed by atoms with Crippen molar-refractivity contribution in [2.75, 3.05) is 7.05 Å². The average molecular weight is 329 g/mol. The van der Waals surface area contributed by atoms with Crippen molar-refractivity contribution in [3.8, 4) is 0 Å². The molecule has 0 spiro atoms. The lowest BCUT2D eigenvalue weighted by atomic mass is 10.2. The van der Waals surface area contributed by atoms with E-state index < -0.39 is 0 Å². The number of hydrogen-bond acceptors (Lipinski definition) is 2. The minimum Gasteiger partial charge on any atom is -0.334 e. The number of carbonyl (C=O) groups is 1. The topological polar surface area (TPSA) is 32.3 Å². The summed E-state index contributed by atoms with van der Waals surface area (Å²) in [6.45, 7) is 0.944. The molecular weight excluding hydrogens is 315 g/mol. The van der Waals surface area contributed by atoms with Crippen LogP contribution < -0.4 is 5.32 Å². The summed E-state index contributed by atoms with van der Waals surface area (Å²) in [6.07, 6.45) is 0. The molecule has 0 aliphatic rings. The maximum absolute atomic E-state index is 12.0. The van der Waals surface area contributed by atoms with Gasteiger partial charge in [0.2, 0.25) is 0 Å². The number of thiophene rings is 1. The van der Waals surface area contributed by atoms with E-state index >= 15 is 0 Å².